The Morgan fingerprint density at radius 1 is 1.09 bits per heavy atom. The quantitative estimate of drug-likeness (QED) is 0.477. The van der Waals surface area contributed by atoms with Crippen molar-refractivity contribution in [2.24, 2.45) is 4.99 Å². The summed E-state index contributed by atoms with van der Waals surface area (Å²) in [5.74, 6) is 0.728. The van der Waals surface area contributed by atoms with Gasteiger partial charge >= 0.3 is 0 Å². The second kappa shape index (κ2) is 10.5. The number of para-hydroxylation sites is 1. The zero-order chi connectivity index (χ0) is 22.3. The molecule has 7 nitrogen and oxygen atoms in total. The molecule has 2 aliphatic heterocycles. The lowest BCUT2D eigenvalue weighted by atomic mass is 9.90. The fraction of sp³-hybridized carbons (Fsp3) is 0.417. The molecule has 0 aromatic heterocycles. The molecule has 3 N–H and O–H groups in total. The molecule has 1 amide bonds. The summed E-state index contributed by atoms with van der Waals surface area (Å²) >= 11 is 0. The number of aliphatic imine (C=N–C) groups is 1. The van der Waals surface area contributed by atoms with E-state index < -0.39 is 0 Å². The Balaban J connectivity index is 1.19. The van der Waals surface area contributed by atoms with Crippen molar-refractivity contribution in [1.82, 2.24) is 15.5 Å². The number of piperazine rings is 1. The predicted octanol–water partition coefficient (Wildman–Crippen LogP) is 2.24. The summed E-state index contributed by atoms with van der Waals surface area (Å²) < 4.78 is 13.1. The maximum absolute atomic E-state index is 13.1. The normalized spacial score (nSPS) is 19.3. The first-order valence-electron chi connectivity index (χ1n) is 11.2. The van der Waals surface area contributed by atoms with E-state index in [1.54, 1.807) is 7.05 Å². The number of rotatable bonds is 6. The van der Waals surface area contributed by atoms with Gasteiger partial charge in [-0.1, -0.05) is 18.2 Å². The molecule has 8 heteroatoms. The van der Waals surface area contributed by atoms with E-state index in [0.29, 0.717) is 13.0 Å². The van der Waals surface area contributed by atoms with Crippen molar-refractivity contribution < 1.29 is 9.18 Å². The minimum absolute atomic E-state index is 0.0539. The van der Waals surface area contributed by atoms with Gasteiger partial charge in [0.15, 0.2) is 5.96 Å². The smallest absolute Gasteiger partial charge is 0.225 e. The average molecular weight is 439 g/mol. The number of hydrogen-bond acceptors (Lipinski definition) is 4. The molecule has 170 valence electrons. The number of amides is 1. The van der Waals surface area contributed by atoms with Crippen molar-refractivity contribution in [3.63, 3.8) is 0 Å². The number of halogens is 1. The SMILES string of the molecule is CN=C(NCCN1CCN(c2ccc(F)cc2)CC1)NCC1CC(=O)Nc2ccccc21. The highest BCUT2D eigenvalue weighted by Crippen LogP contribution is 2.31. The minimum Gasteiger partial charge on any atom is -0.369 e. The lowest BCUT2D eigenvalue weighted by Gasteiger charge is -2.36. The monoisotopic (exact) mass is 438 g/mol. The van der Waals surface area contributed by atoms with Gasteiger partial charge in [-0.2, -0.15) is 0 Å². The van der Waals surface area contributed by atoms with Gasteiger partial charge in [0.05, 0.1) is 0 Å². The second-order valence-corrected chi connectivity index (χ2v) is 8.22. The minimum atomic E-state index is -0.198. The van der Waals surface area contributed by atoms with Gasteiger partial charge < -0.3 is 20.9 Å². The summed E-state index contributed by atoms with van der Waals surface area (Å²) in [4.78, 5) is 21.1. The summed E-state index contributed by atoms with van der Waals surface area (Å²) in [5, 5.41) is 9.69. The molecule has 1 unspecified atom stereocenters. The van der Waals surface area contributed by atoms with E-state index in [4.69, 9.17) is 0 Å². The van der Waals surface area contributed by atoms with Crippen molar-refractivity contribution >= 4 is 23.2 Å². The number of nitrogens with zero attached hydrogens (tertiary/aromatic N) is 3. The van der Waals surface area contributed by atoms with Crippen molar-refractivity contribution in [2.45, 2.75) is 12.3 Å². The third-order valence-electron chi connectivity index (χ3n) is 6.13. The van der Waals surface area contributed by atoms with Gasteiger partial charge in [0, 0.05) is 76.6 Å². The van der Waals surface area contributed by atoms with Crippen molar-refractivity contribution in [3.05, 3.63) is 59.9 Å². The maximum Gasteiger partial charge on any atom is 0.225 e. The summed E-state index contributed by atoms with van der Waals surface area (Å²) in [6.07, 6.45) is 0.472. The van der Waals surface area contributed by atoms with Crippen LogP contribution in [0.3, 0.4) is 0 Å². The fourth-order valence-corrected chi connectivity index (χ4v) is 4.34. The predicted molar refractivity (Wildman–Crippen MR) is 127 cm³/mol. The van der Waals surface area contributed by atoms with Crippen LogP contribution in [0.1, 0.15) is 17.9 Å². The standard InChI is InChI=1S/C24H31FN6O/c1-26-24(28-17-18-16-23(32)29-22-5-3-2-4-21(18)22)27-10-11-30-12-14-31(15-13-30)20-8-6-19(25)7-9-20/h2-9,18H,10-17H2,1H3,(H,29,32)(H2,26,27,28). The Morgan fingerprint density at radius 2 is 1.84 bits per heavy atom. The first-order chi connectivity index (χ1) is 15.6. The second-order valence-electron chi connectivity index (χ2n) is 8.22. The Morgan fingerprint density at radius 3 is 2.59 bits per heavy atom. The van der Waals surface area contributed by atoms with Gasteiger partial charge in [-0.25, -0.2) is 4.39 Å². The number of anilines is 2. The lowest BCUT2D eigenvalue weighted by Crippen LogP contribution is -2.49. The first kappa shape index (κ1) is 22.1. The van der Waals surface area contributed by atoms with Gasteiger partial charge in [-0.3, -0.25) is 14.7 Å². The van der Waals surface area contributed by atoms with E-state index in [1.165, 1.54) is 12.1 Å². The molecular weight excluding hydrogens is 407 g/mol. The van der Waals surface area contributed by atoms with Gasteiger partial charge in [-0.15, -0.1) is 0 Å². The number of benzene rings is 2. The average Bonchev–Trinajstić information content (AvgIpc) is 2.82. The number of nitrogens with one attached hydrogen (secondary N) is 3. The number of guanidine groups is 1. The van der Waals surface area contributed by atoms with Crippen LogP contribution in [0.2, 0.25) is 0 Å². The van der Waals surface area contributed by atoms with Crippen LogP contribution in [0.4, 0.5) is 15.8 Å². The van der Waals surface area contributed by atoms with E-state index in [0.717, 1.165) is 62.2 Å². The zero-order valence-corrected chi connectivity index (χ0v) is 18.5. The maximum atomic E-state index is 13.1. The molecule has 4 rings (SSSR count). The molecule has 32 heavy (non-hydrogen) atoms. The van der Waals surface area contributed by atoms with E-state index in [-0.39, 0.29) is 17.6 Å². The molecule has 0 bridgehead atoms. The Labute approximate surface area is 188 Å². The summed E-state index contributed by atoms with van der Waals surface area (Å²) in [6.45, 7) is 6.17. The Kier molecular flexibility index (Phi) is 7.21. The van der Waals surface area contributed by atoms with Gasteiger partial charge in [0.25, 0.3) is 0 Å². The van der Waals surface area contributed by atoms with Crippen molar-refractivity contribution in [1.29, 1.82) is 0 Å². The molecule has 1 fully saturated rings. The van der Waals surface area contributed by atoms with E-state index in [9.17, 15) is 9.18 Å². The van der Waals surface area contributed by atoms with Crippen LogP contribution in [-0.4, -0.2) is 69.6 Å². The molecule has 2 aliphatic rings. The topological polar surface area (TPSA) is 72.0 Å². The number of carbonyl (C=O) groups is 1. The fourth-order valence-electron chi connectivity index (χ4n) is 4.34. The molecule has 2 aromatic carbocycles. The number of hydrogen-bond donors (Lipinski definition) is 3. The Bertz CT molecular complexity index is 940. The lowest BCUT2D eigenvalue weighted by molar-refractivity contribution is -0.116. The molecular formula is C24H31FN6O. The highest BCUT2D eigenvalue weighted by Gasteiger charge is 2.24. The molecule has 2 aromatic rings. The molecule has 0 saturated carbocycles. The molecule has 0 aliphatic carbocycles. The first-order valence-corrected chi connectivity index (χ1v) is 11.2. The third kappa shape index (κ3) is 5.56. The largest absolute Gasteiger partial charge is 0.369 e. The highest BCUT2D eigenvalue weighted by atomic mass is 19.1. The molecule has 1 saturated heterocycles. The zero-order valence-electron chi connectivity index (χ0n) is 18.5. The Hall–Kier alpha value is -3.13. The van der Waals surface area contributed by atoms with Crippen LogP contribution in [-0.2, 0) is 4.79 Å². The van der Waals surface area contributed by atoms with E-state index >= 15 is 0 Å². The van der Waals surface area contributed by atoms with Crippen LogP contribution in [0, 0.1) is 5.82 Å². The van der Waals surface area contributed by atoms with Gasteiger partial charge in [0.1, 0.15) is 5.82 Å². The van der Waals surface area contributed by atoms with E-state index in [2.05, 4.69) is 36.8 Å². The highest BCUT2D eigenvalue weighted by molar-refractivity contribution is 5.94. The van der Waals surface area contributed by atoms with Crippen molar-refractivity contribution in [3.8, 4) is 0 Å². The van der Waals surface area contributed by atoms with Gasteiger partial charge in [0.2, 0.25) is 5.91 Å². The molecule has 2 heterocycles. The van der Waals surface area contributed by atoms with E-state index in [1.807, 2.05) is 30.3 Å². The van der Waals surface area contributed by atoms with Crippen LogP contribution >= 0.6 is 0 Å². The van der Waals surface area contributed by atoms with Gasteiger partial charge in [-0.05, 0) is 35.9 Å². The van der Waals surface area contributed by atoms with Crippen LogP contribution in [0.25, 0.3) is 0 Å². The van der Waals surface area contributed by atoms with Crippen LogP contribution < -0.4 is 20.9 Å². The molecule has 0 radical (unpaired) electrons. The van der Waals surface area contributed by atoms with Crippen LogP contribution in [0.5, 0.6) is 0 Å². The summed E-state index contributed by atoms with van der Waals surface area (Å²) in [5.41, 5.74) is 3.14. The summed E-state index contributed by atoms with van der Waals surface area (Å²) in [7, 11) is 1.76. The van der Waals surface area contributed by atoms with Crippen LogP contribution in [0.15, 0.2) is 53.5 Å². The summed E-state index contributed by atoms with van der Waals surface area (Å²) in [6, 6.07) is 14.7. The molecule has 1 atom stereocenters. The van der Waals surface area contributed by atoms with Crippen molar-refractivity contribution in [2.75, 3.05) is 63.1 Å². The number of fused-ring (bicyclic) bond motifs is 1. The number of carbonyl (C=O) groups excluding carboxylic acids is 1. The third-order valence-corrected chi connectivity index (χ3v) is 6.13. The molecule has 0 spiro atoms.